The van der Waals surface area contributed by atoms with E-state index in [1.54, 1.807) is 0 Å². The van der Waals surface area contributed by atoms with Gasteiger partial charge >= 0.3 is 12.1 Å². The zero-order chi connectivity index (χ0) is 28.6. The summed E-state index contributed by atoms with van der Waals surface area (Å²) in [4.78, 5) is 27.2. The minimum atomic E-state index is -5.08. The predicted molar refractivity (Wildman–Crippen MR) is 150 cm³/mol. The van der Waals surface area contributed by atoms with Crippen molar-refractivity contribution in [2.75, 3.05) is 32.1 Å². The summed E-state index contributed by atoms with van der Waals surface area (Å²) in [7, 11) is 4.12. The maximum Gasteiger partial charge on any atom is 0.490 e. The lowest BCUT2D eigenvalue weighted by molar-refractivity contribution is -0.192. The average molecular weight is 582 g/mol. The van der Waals surface area contributed by atoms with Crippen molar-refractivity contribution in [1.29, 1.82) is 0 Å². The summed E-state index contributed by atoms with van der Waals surface area (Å²) >= 11 is 7.80. The lowest BCUT2D eigenvalue weighted by Crippen LogP contribution is -2.42. The fraction of sp³-hybridized carbons (Fsp3) is 0.357. The van der Waals surface area contributed by atoms with Crippen LogP contribution in [0.25, 0.3) is 11.1 Å². The van der Waals surface area contributed by atoms with E-state index in [4.69, 9.17) is 21.5 Å². The molecule has 0 radical (unpaired) electrons. The number of likely N-dealkylation sites (tertiary alicyclic amines) is 1. The van der Waals surface area contributed by atoms with E-state index in [-0.39, 0.29) is 11.9 Å². The Morgan fingerprint density at radius 2 is 1.79 bits per heavy atom. The van der Waals surface area contributed by atoms with Gasteiger partial charge in [-0.25, -0.2) is 4.79 Å². The molecule has 0 bridgehead atoms. The Hall–Kier alpha value is -3.08. The van der Waals surface area contributed by atoms with Gasteiger partial charge in [0, 0.05) is 49.5 Å². The lowest BCUT2D eigenvalue weighted by Gasteiger charge is -2.25. The molecule has 1 saturated heterocycles. The number of carbonyl (C=O) groups excluding carboxylic acids is 1. The van der Waals surface area contributed by atoms with E-state index in [2.05, 4.69) is 53.5 Å². The molecule has 11 heteroatoms. The summed E-state index contributed by atoms with van der Waals surface area (Å²) in [5.41, 5.74) is 4.48. The number of halogens is 4. The molecule has 6 nitrogen and oxygen atoms in total. The Bertz CT molecular complexity index is 1250. The maximum atomic E-state index is 13.0. The minimum Gasteiger partial charge on any atom is -0.475 e. The maximum absolute atomic E-state index is 13.0. The molecule has 1 unspecified atom stereocenters. The van der Waals surface area contributed by atoms with Crippen molar-refractivity contribution in [2.45, 2.75) is 38.0 Å². The molecule has 2 aromatic carbocycles. The topological polar surface area (TPSA) is 72.9 Å². The van der Waals surface area contributed by atoms with Gasteiger partial charge in [-0.15, -0.1) is 11.3 Å². The predicted octanol–water partition coefficient (Wildman–Crippen LogP) is 6.55. The monoisotopic (exact) mass is 581 g/mol. The third-order valence-electron chi connectivity index (χ3n) is 6.20. The van der Waals surface area contributed by atoms with Gasteiger partial charge in [0.25, 0.3) is 5.91 Å². The van der Waals surface area contributed by atoms with Gasteiger partial charge in [-0.1, -0.05) is 48.4 Å². The quantitative estimate of drug-likeness (QED) is 0.345. The molecule has 0 spiro atoms. The van der Waals surface area contributed by atoms with E-state index in [0.717, 1.165) is 54.9 Å². The van der Waals surface area contributed by atoms with Crippen molar-refractivity contribution in [3.8, 4) is 11.1 Å². The molecule has 2 heterocycles. The van der Waals surface area contributed by atoms with Gasteiger partial charge in [-0.2, -0.15) is 13.2 Å². The van der Waals surface area contributed by atoms with E-state index < -0.39 is 12.1 Å². The number of alkyl halides is 3. The third kappa shape index (κ3) is 9.26. The Kier molecular flexibility index (Phi) is 10.8. The Morgan fingerprint density at radius 3 is 2.41 bits per heavy atom. The van der Waals surface area contributed by atoms with Gasteiger partial charge in [0.1, 0.15) is 0 Å². The lowest BCUT2D eigenvalue weighted by atomic mass is 10.1. The fourth-order valence-electron chi connectivity index (χ4n) is 4.19. The van der Waals surface area contributed by atoms with Crippen LogP contribution in [0.1, 0.15) is 34.5 Å². The number of nitrogens with zero attached hydrogens (tertiary/aromatic N) is 2. The first-order valence-corrected chi connectivity index (χ1v) is 13.6. The molecule has 1 amide bonds. The standard InChI is InChI=1S/C26H30ClN3OS.C2HF3O2/c1-29(2)22-12-10-19(11-13-22)16-30-14-6-5-7-21(17-30)28-26(31)25-15-20(18-32-25)23-8-3-4-9-24(23)27;3-2(4,5)1(6)7/h3-4,8-13,15,18,21H,5-7,14,16-17H2,1-2H3,(H,28,31);(H,6,7). The minimum absolute atomic E-state index is 0.00971. The molecule has 1 aliphatic rings. The number of rotatable bonds is 6. The molecule has 2 N–H and O–H groups in total. The highest BCUT2D eigenvalue weighted by Gasteiger charge is 2.38. The molecular weight excluding hydrogens is 551 g/mol. The van der Waals surface area contributed by atoms with Crippen LogP contribution in [0.3, 0.4) is 0 Å². The molecule has 1 fully saturated rings. The number of carbonyl (C=O) groups is 2. The van der Waals surface area contributed by atoms with Gasteiger partial charge in [0.15, 0.2) is 0 Å². The first-order valence-electron chi connectivity index (χ1n) is 12.4. The van der Waals surface area contributed by atoms with Gasteiger partial charge in [-0.3, -0.25) is 9.69 Å². The molecule has 39 heavy (non-hydrogen) atoms. The van der Waals surface area contributed by atoms with Crippen molar-refractivity contribution in [1.82, 2.24) is 10.2 Å². The first-order chi connectivity index (χ1) is 18.4. The number of hydrogen-bond acceptors (Lipinski definition) is 5. The van der Waals surface area contributed by atoms with Crippen molar-refractivity contribution >= 4 is 40.5 Å². The zero-order valence-electron chi connectivity index (χ0n) is 21.7. The van der Waals surface area contributed by atoms with Crippen LogP contribution >= 0.6 is 22.9 Å². The van der Waals surface area contributed by atoms with Crippen LogP contribution < -0.4 is 10.2 Å². The first kappa shape index (κ1) is 30.5. The molecule has 1 aliphatic heterocycles. The number of nitrogens with one attached hydrogen (secondary N) is 1. The average Bonchev–Trinajstić information content (AvgIpc) is 3.27. The van der Waals surface area contributed by atoms with Crippen LogP contribution in [0.4, 0.5) is 18.9 Å². The van der Waals surface area contributed by atoms with E-state index >= 15 is 0 Å². The van der Waals surface area contributed by atoms with Crippen LogP contribution in [0.2, 0.25) is 5.02 Å². The molecule has 1 atom stereocenters. The highest BCUT2D eigenvalue weighted by Crippen LogP contribution is 2.31. The van der Waals surface area contributed by atoms with Gasteiger partial charge in [0.2, 0.25) is 0 Å². The van der Waals surface area contributed by atoms with Crippen LogP contribution in [0.15, 0.2) is 60.0 Å². The summed E-state index contributed by atoms with van der Waals surface area (Å²) in [5, 5.41) is 13.1. The third-order valence-corrected chi connectivity index (χ3v) is 7.46. The van der Waals surface area contributed by atoms with Crippen molar-refractivity contribution in [2.24, 2.45) is 0 Å². The van der Waals surface area contributed by atoms with Crippen LogP contribution in [-0.2, 0) is 11.3 Å². The molecule has 4 rings (SSSR count). The van der Waals surface area contributed by atoms with Crippen molar-refractivity contribution in [3.05, 3.63) is 75.4 Å². The second kappa shape index (κ2) is 13.8. The summed E-state index contributed by atoms with van der Waals surface area (Å²) in [6, 6.07) is 18.6. The Labute approximate surface area is 235 Å². The smallest absolute Gasteiger partial charge is 0.475 e. The highest BCUT2D eigenvalue weighted by atomic mass is 35.5. The van der Waals surface area contributed by atoms with Gasteiger partial charge in [-0.05, 0) is 60.2 Å². The zero-order valence-corrected chi connectivity index (χ0v) is 23.2. The number of hydrogen-bond donors (Lipinski definition) is 2. The largest absolute Gasteiger partial charge is 0.490 e. The Morgan fingerprint density at radius 1 is 1.13 bits per heavy atom. The highest BCUT2D eigenvalue weighted by molar-refractivity contribution is 7.12. The molecule has 1 aromatic heterocycles. The normalized spacial score (nSPS) is 16.0. The fourth-order valence-corrected chi connectivity index (χ4v) is 5.24. The van der Waals surface area contributed by atoms with Gasteiger partial charge in [0.05, 0.1) is 4.88 Å². The van der Waals surface area contributed by atoms with E-state index in [9.17, 15) is 18.0 Å². The number of thiophene rings is 1. The number of aliphatic carboxylic acids is 1. The van der Waals surface area contributed by atoms with E-state index in [1.165, 1.54) is 22.6 Å². The number of carboxylic acid groups (broad SMARTS) is 1. The number of amides is 1. The Balaban J connectivity index is 0.000000532. The second-order valence-electron chi connectivity index (χ2n) is 9.44. The van der Waals surface area contributed by atoms with Crippen LogP contribution in [0, 0.1) is 0 Å². The van der Waals surface area contributed by atoms with E-state index in [1.807, 2.05) is 35.7 Å². The summed E-state index contributed by atoms with van der Waals surface area (Å²) in [6.07, 6.45) is -1.77. The molecule has 0 saturated carbocycles. The summed E-state index contributed by atoms with van der Waals surface area (Å²) in [6.45, 7) is 2.86. The van der Waals surface area contributed by atoms with E-state index in [0.29, 0.717) is 5.02 Å². The number of benzene rings is 2. The SMILES string of the molecule is CN(C)c1ccc(CN2CCCCC(NC(=O)c3cc(-c4ccccc4Cl)cs3)C2)cc1.O=C(O)C(F)(F)F. The second-order valence-corrected chi connectivity index (χ2v) is 10.8. The molecular formula is C28H31ClF3N3O3S. The number of anilines is 1. The van der Waals surface area contributed by atoms with Crippen LogP contribution in [-0.4, -0.2) is 61.3 Å². The molecule has 3 aromatic rings. The molecule has 210 valence electrons. The van der Waals surface area contributed by atoms with Crippen LogP contribution in [0.5, 0.6) is 0 Å². The summed E-state index contributed by atoms with van der Waals surface area (Å²) < 4.78 is 31.7. The van der Waals surface area contributed by atoms with Crippen molar-refractivity contribution in [3.63, 3.8) is 0 Å². The number of carboxylic acids is 1. The molecule has 0 aliphatic carbocycles. The van der Waals surface area contributed by atoms with Gasteiger partial charge < -0.3 is 15.3 Å². The van der Waals surface area contributed by atoms with Crippen molar-refractivity contribution < 1.29 is 27.9 Å². The summed E-state index contributed by atoms with van der Waals surface area (Å²) in [5.74, 6) is -2.75.